The van der Waals surface area contributed by atoms with Crippen molar-refractivity contribution in [3.8, 4) is 0 Å². The molecule has 21 heavy (non-hydrogen) atoms. The van der Waals surface area contributed by atoms with Crippen LogP contribution in [0.2, 0.25) is 0 Å². The molecule has 0 saturated heterocycles. The summed E-state index contributed by atoms with van der Waals surface area (Å²) in [5, 5.41) is 6.67. The summed E-state index contributed by atoms with van der Waals surface area (Å²) >= 11 is 0. The van der Waals surface area contributed by atoms with E-state index in [1.807, 2.05) is 23.6 Å². The van der Waals surface area contributed by atoms with Crippen LogP contribution < -0.4 is 16.2 Å². The van der Waals surface area contributed by atoms with Gasteiger partial charge in [0.05, 0.1) is 0 Å². The maximum Gasteiger partial charge on any atom is 0.250 e. The molecule has 0 radical (unpaired) electrons. The SMILES string of the molecule is CCNC(=NCCCCn1c(C)cccc1=O)NC1CC1. The van der Waals surface area contributed by atoms with E-state index in [-0.39, 0.29) is 5.56 Å². The Morgan fingerprint density at radius 1 is 1.38 bits per heavy atom. The van der Waals surface area contributed by atoms with Gasteiger partial charge in [-0.3, -0.25) is 9.79 Å². The average molecular weight is 290 g/mol. The minimum atomic E-state index is 0.0854. The first-order chi connectivity index (χ1) is 10.2. The minimum Gasteiger partial charge on any atom is -0.357 e. The van der Waals surface area contributed by atoms with E-state index < -0.39 is 0 Å². The van der Waals surface area contributed by atoms with Crippen LogP contribution in [-0.2, 0) is 6.54 Å². The van der Waals surface area contributed by atoms with Gasteiger partial charge in [0.15, 0.2) is 5.96 Å². The number of hydrogen-bond donors (Lipinski definition) is 2. The Bertz CT molecular complexity index is 531. The van der Waals surface area contributed by atoms with Gasteiger partial charge in [0.2, 0.25) is 0 Å². The fourth-order valence-corrected chi connectivity index (χ4v) is 2.22. The smallest absolute Gasteiger partial charge is 0.250 e. The van der Waals surface area contributed by atoms with Crippen LogP contribution in [-0.4, -0.2) is 29.7 Å². The van der Waals surface area contributed by atoms with Crippen LogP contribution in [0.1, 0.15) is 38.3 Å². The van der Waals surface area contributed by atoms with Crippen molar-refractivity contribution in [1.29, 1.82) is 0 Å². The summed E-state index contributed by atoms with van der Waals surface area (Å²) < 4.78 is 1.83. The largest absolute Gasteiger partial charge is 0.357 e. The molecule has 5 heteroatoms. The third-order valence-electron chi connectivity index (χ3n) is 3.59. The van der Waals surface area contributed by atoms with E-state index in [2.05, 4.69) is 22.5 Å². The van der Waals surface area contributed by atoms with Crippen LogP contribution in [0, 0.1) is 6.92 Å². The van der Waals surface area contributed by atoms with E-state index in [4.69, 9.17) is 0 Å². The van der Waals surface area contributed by atoms with Gasteiger partial charge in [-0.2, -0.15) is 0 Å². The Hall–Kier alpha value is -1.78. The van der Waals surface area contributed by atoms with Gasteiger partial charge >= 0.3 is 0 Å². The second kappa shape index (κ2) is 7.86. The monoisotopic (exact) mass is 290 g/mol. The Labute approximate surface area is 126 Å². The predicted octanol–water partition coefficient (Wildman–Crippen LogP) is 1.65. The molecule has 1 heterocycles. The number of nitrogens with one attached hydrogen (secondary N) is 2. The lowest BCUT2D eigenvalue weighted by molar-refractivity contribution is 0.585. The highest BCUT2D eigenvalue weighted by molar-refractivity contribution is 5.80. The lowest BCUT2D eigenvalue weighted by atomic mass is 10.3. The van der Waals surface area contributed by atoms with Gasteiger partial charge < -0.3 is 15.2 Å². The standard InChI is InChI=1S/C16H26N4O/c1-3-17-16(19-14-9-10-14)18-11-4-5-12-20-13(2)7-6-8-15(20)21/h6-8,14H,3-5,9-12H2,1-2H3,(H2,17,18,19). The van der Waals surface area contributed by atoms with Gasteiger partial charge in [-0.15, -0.1) is 0 Å². The summed E-state index contributed by atoms with van der Waals surface area (Å²) in [4.78, 5) is 16.3. The number of unbranched alkanes of at least 4 members (excludes halogenated alkanes) is 1. The fraction of sp³-hybridized carbons (Fsp3) is 0.625. The van der Waals surface area contributed by atoms with Crippen LogP contribution in [0.3, 0.4) is 0 Å². The zero-order valence-electron chi connectivity index (χ0n) is 13.1. The maximum absolute atomic E-state index is 11.7. The van der Waals surface area contributed by atoms with Gasteiger partial charge in [-0.1, -0.05) is 6.07 Å². The molecule has 2 N–H and O–H groups in total. The van der Waals surface area contributed by atoms with Crippen LogP contribution in [0.4, 0.5) is 0 Å². The first-order valence-electron chi connectivity index (χ1n) is 7.92. The Morgan fingerprint density at radius 2 is 2.19 bits per heavy atom. The number of aromatic nitrogens is 1. The van der Waals surface area contributed by atoms with E-state index in [0.29, 0.717) is 6.04 Å². The summed E-state index contributed by atoms with van der Waals surface area (Å²) in [6.45, 7) is 6.50. The molecule has 0 unspecified atom stereocenters. The molecule has 0 amide bonds. The molecule has 1 aliphatic rings. The lowest BCUT2D eigenvalue weighted by Crippen LogP contribution is -2.38. The normalized spacial score (nSPS) is 15.0. The molecule has 0 bridgehead atoms. The van der Waals surface area contributed by atoms with E-state index in [1.165, 1.54) is 12.8 Å². The topological polar surface area (TPSA) is 58.4 Å². The van der Waals surface area contributed by atoms with Crippen molar-refractivity contribution < 1.29 is 0 Å². The van der Waals surface area contributed by atoms with Crippen molar-refractivity contribution in [3.63, 3.8) is 0 Å². The molecule has 116 valence electrons. The minimum absolute atomic E-state index is 0.0854. The number of pyridine rings is 1. The van der Waals surface area contributed by atoms with Crippen molar-refractivity contribution in [2.24, 2.45) is 4.99 Å². The molecule has 0 spiro atoms. The van der Waals surface area contributed by atoms with E-state index in [1.54, 1.807) is 6.07 Å². The highest BCUT2D eigenvalue weighted by Gasteiger charge is 2.21. The van der Waals surface area contributed by atoms with Crippen LogP contribution in [0.15, 0.2) is 28.0 Å². The number of aryl methyl sites for hydroxylation is 1. The van der Waals surface area contributed by atoms with Gasteiger partial charge in [-0.05, 0) is 45.6 Å². The number of hydrogen-bond acceptors (Lipinski definition) is 2. The van der Waals surface area contributed by atoms with Crippen LogP contribution >= 0.6 is 0 Å². The first kappa shape index (κ1) is 15.6. The molecular formula is C16H26N4O. The van der Waals surface area contributed by atoms with E-state index in [0.717, 1.165) is 44.1 Å². The summed E-state index contributed by atoms with van der Waals surface area (Å²) in [5.74, 6) is 0.924. The molecular weight excluding hydrogens is 264 g/mol. The quantitative estimate of drug-likeness (QED) is 0.456. The number of rotatable bonds is 7. The predicted molar refractivity (Wildman–Crippen MR) is 86.8 cm³/mol. The zero-order chi connectivity index (χ0) is 15.1. The molecule has 1 saturated carbocycles. The van der Waals surface area contributed by atoms with E-state index >= 15 is 0 Å². The Balaban J connectivity index is 1.74. The molecule has 2 rings (SSSR count). The van der Waals surface area contributed by atoms with Gasteiger partial charge in [0.1, 0.15) is 0 Å². The van der Waals surface area contributed by atoms with Crippen molar-refractivity contribution in [2.75, 3.05) is 13.1 Å². The summed E-state index contributed by atoms with van der Waals surface area (Å²) in [7, 11) is 0. The Morgan fingerprint density at radius 3 is 2.86 bits per heavy atom. The number of guanidine groups is 1. The molecule has 1 fully saturated rings. The third kappa shape index (κ3) is 5.25. The van der Waals surface area contributed by atoms with Crippen molar-refractivity contribution in [2.45, 2.75) is 52.1 Å². The fourth-order valence-electron chi connectivity index (χ4n) is 2.22. The summed E-state index contributed by atoms with van der Waals surface area (Å²) in [6.07, 6.45) is 4.46. The highest BCUT2D eigenvalue weighted by atomic mass is 16.1. The van der Waals surface area contributed by atoms with E-state index in [9.17, 15) is 4.79 Å². The molecule has 0 atom stereocenters. The van der Waals surface area contributed by atoms with Gasteiger partial charge in [0, 0.05) is 37.4 Å². The molecule has 0 aromatic carbocycles. The highest BCUT2D eigenvalue weighted by Crippen LogP contribution is 2.18. The summed E-state index contributed by atoms with van der Waals surface area (Å²) in [5.41, 5.74) is 1.11. The van der Waals surface area contributed by atoms with Crippen LogP contribution in [0.25, 0.3) is 0 Å². The average Bonchev–Trinajstić information content (AvgIpc) is 3.25. The van der Waals surface area contributed by atoms with Gasteiger partial charge in [0.25, 0.3) is 5.56 Å². The number of nitrogens with zero attached hydrogens (tertiary/aromatic N) is 2. The van der Waals surface area contributed by atoms with Crippen molar-refractivity contribution in [3.05, 3.63) is 34.2 Å². The molecule has 1 aromatic heterocycles. The second-order valence-corrected chi connectivity index (χ2v) is 5.54. The zero-order valence-corrected chi connectivity index (χ0v) is 13.1. The third-order valence-corrected chi connectivity index (χ3v) is 3.59. The maximum atomic E-state index is 11.7. The molecule has 5 nitrogen and oxygen atoms in total. The van der Waals surface area contributed by atoms with Gasteiger partial charge in [-0.25, -0.2) is 0 Å². The second-order valence-electron chi connectivity index (χ2n) is 5.54. The molecule has 1 aliphatic carbocycles. The lowest BCUT2D eigenvalue weighted by Gasteiger charge is -2.11. The van der Waals surface area contributed by atoms with Crippen LogP contribution in [0.5, 0.6) is 0 Å². The van der Waals surface area contributed by atoms with Crippen molar-refractivity contribution >= 4 is 5.96 Å². The first-order valence-corrected chi connectivity index (χ1v) is 7.92. The number of aliphatic imine (C=N–C) groups is 1. The van der Waals surface area contributed by atoms with Crippen molar-refractivity contribution in [1.82, 2.24) is 15.2 Å². The molecule has 1 aromatic rings. The molecule has 0 aliphatic heterocycles. The Kier molecular flexibility index (Phi) is 5.84. The summed E-state index contributed by atoms with van der Waals surface area (Å²) in [6, 6.07) is 6.02.